The molecule has 0 aliphatic carbocycles. The lowest BCUT2D eigenvalue weighted by molar-refractivity contribution is -0.121. The number of hydrogen-bond donors (Lipinski definition) is 0. The van der Waals surface area contributed by atoms with Gasteiger partial charge in [-0.25, -0.2) is 14.5 Å². The molecule has 146 valence electrons. The second kappa shape index (κ2) is 6.34. The molecule has 0 spiro atoms. The van der Waals surface area contributed by atoms with E-state index in [0.29, 0.717) is 27.8 Å². The Bertz CT molecular complexity index is 935. The number of amides is 4. The zero-order chi connectivity index (χ0) is 20.4. The number of imide groups is 1. The van der Waals surface area contributed by atoms with Gasteiger partial charge in [0.15, 0.2) is 0 Å². The number of fused-ring (bicyclic) bond motifs is 5. The lowest BCUT2D eigenvalue weighted by Gasteiger charge is -2.35. The van der Waals surface area contributed by atoms with E-state index in [2.05, 4.69) is 6.07 Å². The molecular weight excluding hydrogens is 475 g/mol. The molecule has 3 atom stereocenters. The largest absolute Gasteiger partial charge is 0.444 e. The van der Waals surface area contributed by atoms with E-state index in [4.69, 9.17) is 10.00 Å². The average molecular weight is 494 g/mol. The quantitative estimate of drug-likeness (QED) is 0.442. The molecule has 4 rings (SSSR count). The fraction of sp³-hybridized carbons (Fsp3) is 0.474. The van der Waals surface area contributed by atoms with E-state index in [1.54, 1.807) is 48.8 Å². The average Bonchev–Trinajstić information content (AvgIpc) is 3.25. The minimum absolute atomic E-state index is 0.193. The van der Waals surface area contributed by atoms with E-state index in [1.165, 1.54) is 0 Å². The normalized spacial score (nSPS) is 26.0. The molecule has 1 aromatic rings. The lowest BCUT2D eigenvalue weighted by Crippen LogP contribution is -2.55. The fourth-order valence-electron chi connectivity index (χ4n) is 4.16. The molecule has 8 nitrogen and oxygen atoms in total. The van der Waals surface area contributed by atoms with Crippen molar-refractivity contribution in [2.75, 3.05) is 11.4 Å². The molecule has 1 aromatic carbocycles. The monoisotopic (exact) mass is 494 g/mol. The van der Waals surface area contributed by atoms with Gasteiger partial charge in [0.05, 0.1) is 23.3 Å². The van der Waals surface area contributed by atoms with Crippen molar-refractivity contribution in [2.24, 2.45) is 0 Å². The van der Waals surface area contributed by atoms with Crippen molar-refractivity contribution in [3.63, 3.8) is 0 Å². The number of hydrogen-bond acceptors (Lipinski definition) is 5. The smallest absolute Gasteiger partial charge is 0.410 e. The highest BCUT2D eigenvalue weighted by atomic mass is 127. The predicted octanol–water partition coefficient (Wildman–Crippen LogP) is 2.69. The Labute approximate surface area is 176 Å². The van der Waals surface area contributed by atoms with Crippen LogP contribution in [0.2, 0.25) is 0 Å². The number of halogens is 1. The van der Waals surface area contributed by atoms with Crippen LogP contribution in [0.4, 0.5) is 15.3 Å². The Kier molecular flexibility index (Phi) is 4.30. The first-order valence-electron chi connectivity index (χ1n) is 8.98. The van der Waals surface area contributed by atoms with Gasteiger partial charge in [-0.2, -0.15) is 5.26 Å². The predicted molar refractivity (Wildman–Crippen MR) is 108 cm³/mol. The highest BCUT2D eigenvalue weighted by Gasteiger charge is 2.63. The zero-order valence-corrected chi connectivity index (χ0v) is 17.8. The number of urea groups is 1. The summed E-state index contributed by atoms with van der Waals surface area (Å²) in [5.74, 6) is -0.341. The van der Waals surface area contributed by atoms with Crippen molar-refractivity contribution < 1.29 is 19.1 Å². The molecule has 0 saturated carbocycles. The number of rotatable bonds is 1. The van der Waals surface area contributed by atoms with Crippen LogP contribution in [0, 0.1) is 14.9 Å². The number of anilines is 1. The van der Waals surface area contributed by atoms with Crippen LogP contribution in [0.25, 0.3) is 0 Å². The Morgan fingerprint density at radius 1 is 1.32 bits per heavy atom. The van der Waals surface area contributed by atoms with E-state index < -0.39 is 17.7 Å². The van der Waals surface area contributed by atoms with Gasteiger partial charge < -0.3 is 14.5 Å². The van der Waals surface area contributed by atoms with Crippen molar-refractivity contribution in [3.8, 4) is 6.07 Å². The van der Waals surface area contributed by atoms with Crippen molar-refractivity contribution in [1.29, 1.82) is 5.26 Å². The third-order valence-corrected chi connectivity index (χ3v) is 6.12. The van der Waals surface area contributed by atoms with Crippen LogP contribution in [0.15, 0.2) is 18.2 Å². The van der Waals surface area contributed by atoms with Gasteiger partial charge in [0.1, 0.15) is 17.7 Å². The number of carbonyl (C=O) groups is 3. The first-order valence-corrected chi connectivity index (χ1v) is 10.1. The zero-order valence-electron chi connectivity index (χ0n) is 15.7. The number of carbonyl (C=O) groups excluding carboxylic acids is 3. The van der Waals surface area contributed by atoms with Crippen LogP contribution in [0.5, 0.6) is 0 Å². The Balaban J connectivity index is 1.61. The molecule has 4 amide bonds. The van der Waals surface area contributed by atoms with Gasteiger partial charge in [0, 0.05) is 10.1 Å². The standard InChI is InChI=1S/C19H19IN4O4/c1-19(2,3)28-18(27)22-9-12-7-14(22)15-16(25)24(17(26)23(12)15)11-5-4-10(8-21)13(20)6-11/h4-6,12,14-15H,7,9H2,1-3H3. The number of ether oxygens (including phenoxy) is 1. The highest BCUT2D eigenvalue weighted by Crippen LogP contribution is 2.43. The fourth-order valence-corrected chi connectivity index (χ4v) is 4.78. The van der Waals surface area contributed by atoms with E-state index in [0.717, 1.165) is 4.90 Å². The minimum Gasteiger partial charge on any atom is -0.444 e. The molecule has 3 unspecified atom stereocenters. The van der Waals surface area contributed by atoms with Crippen molar-refractivity contribution >= 4 is 46.3 Å². The molecular formula is C19H19IN4O4. The molecule has 0 radical (unpaired) electrons. The van der Waals surface area contributed by atoms with Crippen LogP contribution in [-0.2, 0) is 9.53 Å². The van der Waals surface area contributed by atoms with Crippen molar-refractivity contribution in [3.05, 3.63) is 27.3 Å². The van der Waals surface area contributed by atoms with Gasteiger partial charge >= 0.3 is 12.1 Å². The van der Waals surface area contributed by atoms with Crippen LogP contribution in [-0.4, -0.2) is 58.1 Å². The summed E-state index contributed by atoms with van der Waals surface area (Å²) in [6.45, 7) is 5.76. The Hall–Kier alpha value is -2.35. The summed E-state index contributed by atoms with van der Waals surface area (Å²) in [4.78, 5) is 43.0. The van der Waals surface area contributed by atoms with Crippen molar-refractivity contribution in [1.82, 2.24) is 9.80 Å². The molecule has 0 aromatic heterocycles. The lowest BCUT2D eigenvalue weighted by atomic mass is 10.1. The molecule has 3 aliphatic heterocycles. The number of likely N-dealkylation sites (tertiary alicyclic amines) is 1. The van der Waals surface area contributed by atoms with Crippen LogP contribution < -0.4 is 4.90 Å². The molecule has 0 N–H and O–H groups in total. The van der Waals surface area contributed by atoms with E-state index >= 15 is 0 Å². The SMILES string of the molecule is CC(C)(C)OC(=O)N1CC2CC1C1C(=O)N(c3ccc(C#N)c(I)c3)C(=O)N21. The second-order valence-corrected chi connectivity index (χ2v) is 9.34. The van der Waals surface area contributed by atoms with E-state index in [1.807, 2.05) is 22.6 Å². The first-order chi connectivity index (χ1) is 13.1. The van der Waals surface area contributed by atoms with Gasteiger partial charge in [-0.3, -0.25) is 4.79 Å². The van der Waals surface area contributed by atoms with Crippen LogP contribution in [0.1, 0.15) is 32.8 Å². The van der Waals surface area contributed by atoms with E-state index in [-0.39, 0.29) is 24.0 Å². The third-order valence-electron chi connectivity index (χ3n) is 5.22. The van der Waals surface area contributed by atoms with Gasteiger partial charge in [-0.15, -0.1) is 0 Å². The molecule has 3 aliphatic rings. The van der Waals surface area contributed by atoms with Gasteiger partial charge in [-0.05, 0) is 68.0 Å². The molecule has 2 bridgehead atoms. The van der Waals surface area contributed by atoms with Gasteiger partial charge in [-0.1, -0.05) is 0 Å². The molecule has 3 saturated heterocycles. The maximum atomic E-state index is 13.1. The Morgan fingerprint density at radius 2 is 2.04 bits per heavy atom. The number of piperazine rings is 1. The summed E-state index contributed by atoms with van der Waals surface area (Å²) >= 11 is 2.01. The summed E-state index contributed by atoms with van der Waals surface area (Å²) in [6.07, 6.45) is 0.131. The van der Waals surface area contributed by atoms with Gasteiger partial charge in [0.2, 0.25) is 0 Å². The highest BCUT2D eigenvalue weighted by molar-refractivity contribution is 14.1. The number of nitrogens with zero attached hydrogens (tertiary/aromatic N) is 4. The summed E-state index contributed by atoms with van der Waals surface area (Å²) < 4.78 is 6.13. The van der Waals surface area contributed by atoms with Crippen LogP contribution >= 0.6 is 22.6 Å². The maximum absolute atomic E-state index is 13.1. The molecule has 28 heavy (non-hydrogen) atoms. The van der Waals surface area contributed by atoms with Gasteiger partial charge in [0.25, 0.3) is 5.91 Å². The summed E-state index contributed by atoms with van der Waals surface area (Å²) in [5.41, 5.74) is 0.301. The summed E-state index contributed by atoms with van der Waals surface area (Å²) in [6, 6.07) is 5.31. The van der Waals surface area contributed by atoms with E-state index in [9.17, 15) is 14.4 Å². The summed E-state index contributed by atoms with van der Waals surface area (Å²) in [7, 11) is 0. The second-order valence-electron chi connectivity index (χ2n) is 8.17. The minimum atomic E-state index is -0.688. The number of nitriles is 1. The third kappa shape index (κ3) is 2.82. The molecule has 3 fully saturated rings. The maximum Gasteiger partial charge on any atom is 0.410 e. The molecule has 9 heteroatoms. The summed E-state index contributed by atoms with van der Waals surface area (Å²) in [5, 5.41) is 9.09. The van der Waals surface area contributed by atoms with Crippen molar-refractivity contribution in [2.45, 2.75) is 50.9 Å². The first kappa shape index (κ1) is 19.0. The topological polar surface area (TPSA) is 94.0 Å². The number of benzene rings is 1. The molecule has 3 heterocycles. The van der Waals surface area contributed by atoms with Crippen LogP contribution in [0.3, 0.4) is 0 Å². The Morgan fingerprint density at radius 3 is 2.64 bits per heavy atom.